The molecule has 0 aromatic heterocycles. The Labute approximate surface area is 79.4 Å². The molecule has 0 amide bonds. The van der Waals surface area contributed by atoms with Crippen LogP contribution in [0.5, 0.6) is 0 Å². The first-order valence-corrected chi connectivity index (χ1v) is 5.04. The van der Waals surface area contributed by atoms with E-state index in [1.165, 1.54) is 50.4 Å². The predicted molar refractivity (Wildman–Crippen MR) is 41.3 cm³/mol. The fraction of sp³-hybridized carbons (Fsp3) is 0.857. The van der Waals surface area contributed by atoms with Crippen LogP contribution in [0.1, 0.15) is 32.1 Å². The van der Waals surface area contributed by atoms with E-state index in [-0.39, 0.29) is 6.47 Å². The molecule has 2 nitrogen and oxygen atoms in total. The first kappa shape index (κ1) is 10.5. The second-order valence-corrected chi connectivity index (χ2v) is 4.48. The van der Waals surface area contributed by atoms with Gasteiger partial charge in [0.25, 0.3) is 6.47 Å². The van der Waals surface area contributed by atoms with Crippen molar-refractivity contribution >= 4 is 34.4 Å². The van der Waals surface area contributed by atoms with Gasteiger partial charge in [0, 0.05) is 0 Å². The van der Waals surface area contributed by atoms with Crippen molar-refractivity contribution in [2.75, 3.05) is 0 Å². The van der Waals surface area contributed by atoms with Gasteiger partial charge in [-0.2, -0.15) is 0 Å². The summed E-state index contributed by atoms with van der Waals surface area (Å²) in [4.78, 5) is 8.36. The Bertz CT molecular complexity index is 79.7. The van der Waals surface area contributed by atoms with Crippen molar-refractivity contribution in [3.63, 3.8) is 0 Å². The van der Waals surface area contributed by atoms with Crippen LogP contribution in [0.25, 0.3) is 0 Å². The molecule has 0 atom stereocenters. The van der Waals surface area contributed by atoms with E-state index in [2.05, 4.69) is 0 Å². The summed E-state index contributed by atoms with van der Waals surface area (Å²) in [5.41, 5.74) is 0. The Morgan fingerprint density at radius 1 is 1.30 bits per heavy atom. The molecular weight excluding hydrogens is 139 g/mol. The van der Waals surface area contributed by atoms with Crippen molar-refractivity contribution in [2.24, 2.45) is 0 Å². The average Bonchev–Trinajstić information content (AvgIpc) is 1.91. The first-order valence-electron chi connectivity index (χ1n) is 3.89. The molecular formula is C7H13NaO2. The standard InChI is InChI=1S/C6H11.CH2O2.Na/c1-2-4-6-5-3-1;2-1-3;/h1H,2-6H2;1H,(H,2,3);. The number of hydrogen-bond donors (Lipinski definition) is 1. The molecule has 54 valence electrons. The van der Waals surface area contributed by atoms with Gasteiger partial charge >= 0.3 is 63.2 Å². The Morgan fingerprint density at radius 2 is 1.70 bits per heavy atom. The number of rotatable bonds is 0. The Morgan fingerprint density at radius 3 is 1.90 bits per heavy atom. The molecule has 0 aromatic carbocycles. The summed E-state index contributed by atoms with van der Waals surface area (Å²) in [5.74, 6) is 0. The van der Waals surface area contributed by atoms with E-state index in [0.29, 0.717) is 0 Å². The van der Waals surface area contributed by atoms with Crippen molar-refractivity contribution < 1.29 is 9.90 Å². The molecule has 0 radical (unpaired) electrons. The fourth-order valence-electron chi connectivity index (χ4n) is 1.31. The van der Waals surface area contributed by atoms with Crippen LogP contribution >= 0.6 is 0 Å². The molecule has 0 aromatic rings. The van der Waals surface area contributed by atoms with Crippen LogP contribution in [0.3, 0.4) is 0 Å². The van der Waals surface area contributed by atoms with Crippen LogP contribution in [0.15, 0.2) is 0 Å². The quantitative estimate of drug-likeness (QED) is 0.423. The molecule has 1 saturated carbocycles. The van der Waals surface area contributed by atoms with E-state index in [1.54, 1.807) is 12.8 Å². The van der Waals surface area contributed by atoms with Crippen LogP contribution in [0, 0.1) is 0 Å². The Hall–Kier alpha value is 0.470. The SMILES string of the molecule is O=CO.[Na][CH]1CCCCC1. The number of carbonyl (C=O) groups is 1. The summed E-state index contributed by atoms with van der Waals surface area (Å²) >= 11 is 1.45. The van der Waals surface area contributed by atoms with Crippen molar-refractivity contribution in [2.45, 2.75) is 35.3 Å². The van der Waals surface area contributed by atoms with E-state index < -0.39 is 0 Å². The zero-order valence-electron chi connectivity index (χ0n) is 6.55. The van der Waals surface area contributed by atoms with E-state index in [1.807, 2.05) is 0 Å². The van der Waals surface area contributed by atoms with Gasteiger partial charge in [0.05, 0.1) is 0 Å². The molecule has 0 aliphatic heterocycles. The summed E-state index contributed by atoms with van der Waals surface area (Å²) < 4.78 is 1.17. The zero-order valence-corrected chi connectivity index (χ0v) is 8.55. The van der Waals surface area contributed by atoms with E-state index in [9.17, 15) is 0 Å². The summed E-state index contributed by atoms with van der Waals surface area (Å²) in [6, 6.07) is 0. The van der Waals surface area contributed by atoms with E-state index in [4.69, 9.17) is 9.90 Å². The molecule has 0 heterocycles. The zero-order chi connectivity index (χ0) is 7.82. The summed E-state index contributed by atoms with van der Waals surface area (Å²) in [7, 11) is 0. The third-order valence-corrected chi connectivity index (χ3v) is 3.05. The second kappa shape index (κ2) is 7.58. The van der Waals surface area contributed by atoms with Gasteiger partial charge in [0.15, 0.2) is 0 Å². The van der Waals surface area contributed by atoms with Gasteiger partial charge in [0.1, 0.15) is 0 Å². The normalized spacial score (nSPS) is 19.0. The molecule has 0 unspecified atom stereocenters. The third kappa shape index (κ3) is 6.59. The monoisotopic (exact) mass is 152 g/mol. The van der Waals surface area contributed by atoms with Crippen LogP contribution in [-0.4, -0.2) is 39.5 Å². The van der Waals surface area contributed by atoms with Gasteiger partial charge in [0.2, 0.25) is 0 Å². The number of carboxylic acid groups (broad SMARTS) is 1. The molecule has 0 saturated heterocycles. The molecule has 3 heteroatoms. The summed E-state index contributed by atoms with van der Waals surface area (Å²) in [6.45, 7) is -0.250. The van der Waals surface area contributed by atoms with E-state index in [0.717, 1.165) is 0 Å². The molecule has 1 aliphatic carbocycles. The minimum atomic E-state index is -0.250. The summed E-state index contributed by atoms with van der Waals surface area (Å²) in [5, 5.41) is 6.89. The van der Waals surface area contributed by atoms with Crippen LogP contribution in [0.4, 0.5) is 0 Å². The molecule has 1 aliphatic rings. The van der Waals surface area contributed by atoms with E-state index >= 15 is 0 Å². The maximum absolute atomic E-state index is 8.36. The second-order valence-electron chi connectivity index (χ2n) is 2.85. The Balaban J connectivity index is 0.000000236. The molecule has 0 spiro atoms. The molecule has 1 fully saturated rings. The van der Waals surface area contributed by atoms with Gasteiger partial charge in [-0.15, -0.1) is 0 Å². The maximum atomic E-state index is 8.36. The van der Waals surface area contributed by atoms with Crippen LogP contribution in [-0.2, 0) is 4.79 Å². The van der Waals surface area contributed by atoms with Gasteiger partial charge < -0.3 is 5.11 Å². The van der Waals surface area contributed by atoms with Crippen LogP contribution in [0.2, 0.25) is 3.17 Å². The van der Waals surface area contributed by atoms with Crippen molar-refractivity contribution in [3.8, 4) is 0 Å². The number of hydrogen-bond acceptors (Lipinski definition) is 1. The van der Waals surface area contributed by atoms with Gasteiger partial charge in [-0.05, 0) is 0 Å². The minimum absolute atomic E-state index is 0.250. The van der Waals surface area contributed by atoms with Crippen molar-refractivity contribution in [1.82, 2.24) is 0 Å². The fourth-order valence-corrected chi connectivity index (χ4v) is 2.12. The van der Waals surface area contributed by atoms with Crippen molar-refractivity contribution in [1.29, 1.82) is 0 Å². The third-order valence-electron chi connectivity index (χ3n) is 1.89. The molecule has 10 heavy (non-hydrogen) atoms. The molecule has 0 bridgehead atoms. The first-order chi connectivity index (χ1) is 4.81. The van der Waals surface area contributed by atoms with Gasteiger partial charge in [-0.25, -0.2) is 0 Å². The predicted octanol–water partition coefficient (Wildman–Crippen LogP) is 1.61. The van der Waals surface area contributed by atoms with Gasteiger partial charge in [-0.3, -0.25) is 4.79 Å². The van der Waals surface area contributed by atoms with Crippen LogP contribution < -0.4 is 0 Å². The average molecular weight is 152 g/mol. The molecule has 1 rings (SSSR count). The topological polar surface area (TPSA) is 37.3 Å². The van der Waals surface area contributed by atoms with Gasteiger partial charge in [-0.1, -0.05) is 0 Å². The summed E-state index contributed by atoms with van der Waals surface area (Å²) in [6.07, 6.45) is 7.65. The van der Waals surface area contributed by atoms with Crippen molar-refractivity contribution in [3.05, 3.63) is 0 Å². The Kier molecular flexibility index (Phi) is 7.93. The molecule has 1 N–H and O–H groups in total.